The van der Waals surface area contributed by atoms with Gasteiger partial charge in [-0.25, -0.2) is 0 Å². The number of likely N-dealkylation sites (N-methyl/N-ethyl adjacent to an activating group) is 1. The van der Waals surface area contributed by atoms with E-state index in [1.807, 2.05) is 6.92 Å². The summed E-state index contributed by atoms with van der Waals surface area (Å²) in [5.41, 5.74) is 0. The lowest BCUT2D eigenvalue weighted by molar-refractivity contribution is -0.215. The highest BCUT2D eigenvalue weighted by molar-refractivity contribution is 4.64. The van der Waals surface area contributed by atoms with E-state index in [0.717, 1.165) is 13.5 Å². The molecule has 80 valence electrons. The minimum atomic E-state index is -4.26. The molecule has 0 aromatic carbocycles. The van der Waals surface area contributed by atoms with Crippen LogP contribution in [0.3, 0.4) is 0 Å². The molecule has 0 aromatic heterocycles. The van der Waals surface area contributed by atoms with E-state index in [1.54, 1.807) is 6.92 Å². The summed E-state index contributed by atoms with van der Waals surface area (Å²) in [6.45, 7) is 5.49. The van der Waals surface area contributed by atoms with Crippen molar-refractivity contribution in [2.45, 2.75) is 39.1 Å². The van der Waals surface area contributed by atoms with E-state index in [2.05, 4.69) is 10.1 Å². The number of hydrogen-bond donors (Lipinski definition) is 1. The first kappa shape index (κ1) is 12.7. The van der Waals surface area contributed by atoms with E-state index in [1.165, 1.54) is 0 Å². The monoisotopic (exact) mass is 199 g/mol. The summed E-state index contributed by atoms with van der Waals surface area (Å²) in [5.74, 6) is 0. The lowest BCUT2D eigenvalue weighted by Crippen LogP contribution is -2.36. The summed E-state index contributed by atoms with van der Waals surface area (Å²) in [5, 5.41) is 2.96. The summed E-state index contributed by atoms with van der Waals surface area (Å²) in [7, 11) is 0. The van der Waals surface area contributed by atoms with Gasteiger partial charge in [0, 0.05) is 6.04 Å². The Morgan fingerprint density at radius 2 is 1.85 bits per heavy atom. The number of rotatable bonds is 5. The average molecular weight is 199 g/mol. The number of nitrogens with one attached hydrogen (secondary N) is 1. The molecule has 0 aliphatic carbocycles. The van der Waals surface area contributed by atoms with Crippen LogP contribution in [0.25, 0.3) is 0 Å². The first-order valence-corrected chi connectivity index (χ1v) is 4.29. The predicted molar refractivity (Wildman–Crippen MR) is 44.6 cm³/mol. The van der Waals surface area contributed by atoms with Crippen LogP contribution in [0.2, 0.25) is 0 Å². The van der Waals surface area contributed by atoms with Gasteiger partial charge in [0.2, 0.25) is 0 Å². The maximum absolute atomic E-state index is 11.9. The summed E-state index contributed by atoms with van der Waals surface area (Å²) in [6, 6.07) is -0.0465. The van der Waals surface area contributed by atoms with Gasteiger partial charge in [-0.1, -0.05) is 6.92 Å². The summed E-state index contributed by atoms with van der Waals surface area (Å²) in [6.07, 6.45) is -5.94. The first-order valence-electron chi connectivity index (χ1n) is 4.29. The summed E-state index contributed by atoms with van der Waals surface area (Å²) >= 11 is 0. The van der Waals surface area contributed by atoms with E-state index in [9.17, 15) is 13.2 Å². The van der Waals surface area contributed by atoms with Crippen molar-refractivity contribution in [3.05, 3.63) is 0 Å². The number of halogens is 3. The van der Waals surface area contributed by atoms with E-state index < -0.39 is 12.3 Å². The van der Waals surface area contributed by atoms with Crippen molar-refractivity contribution in [3.63, 3.8) is 0 Å². The molecule has 1 N–H and O–H groups in total. The molecule has 0 amide bonds. The Balaban J connectivity index is 3.63. The van der Waals surface area contributed by atoms with Gasteiger partial charge in [-0.15, -0.1) is 0 Å². The Hall–Kier alpha value is -0.290. The molecule has 0 aromatic rings. The molecule has 0 rings (SSSR count). The Morgan fingerprint density at radius 1 is 1.31 bits per heavy atom. The van der Waals surface area contributed by atoms with Crippen molar-refractivity contribution in [2.24, 2.45) is 0 Å². The fraction of sp³-hybridized carbons (Fsp3) is 1.00. The Morgan fingerprint density at radius 3 is 2.23 bits per heavy atom. The van der Waals surface area contributed by atoms with Crippen molar-refractivity contribution in [3.8, 4) is 0 Å². The van der Waals surface area contributed by atoms with Gasteiger partial charge in [0.05, 0.1) is 6.61 Å². The Kier molecular flexibility index (Phi) is 5.32. The molecule has 0 spiro atoms. The zero-order valence-corrected chi connectivity index (χ0v) is 8.11. The van der Waals surface area contributed by atoms with E-state index in [-0.39, 0.29) is 12.6 Å². The molecule has 0 fully saturated rings. The minimum absolute atomic E-state index is 0.0465. The molecule has 5 heteroatoms. The highest BCUT2D eigenvalue weighted by Gasteiger charge is 2.36. The molecular weight excluding hydrogens is 183 g/mol. The van der Waals surface area contributed by atoms with Gasteiger partial charge >= 0.3 is 6.18 Å². The fourth-order valence-electron chi connectivity index (χ4n) is 0.791. The zero-order chi connectivity index (χ0) is 10.5. The average Bonchev–Trinajstić information content (AvgIpc) is 1.99. The minimum Gasteiger partial charge on any atom is -0.367 e. The smallest absolute Gasteiger partial charge is 0.367 e. The first-order chi connectivity index (χ1) is 5.88. The maximum atomic E-state index is 11.9. The van der Waals surface area contributed by atoms with Crippen molar-refractivity contribution in [1.82, 2.24) is 5.32 Å². The molecule has 0 heterocycles. The third-order valence-electron chi connectivity index (χ3n) is 1.61. The van der Waals surface area contributed by atoms with Gasteiger partial charge in [0.15, 0.2) is 6.10 Å². The summed E-state index contributed by atoms with van der Waals surface area (Å²) in [4.78, 5) is 0. The molecule has 2 atom stereocenters. The maximum Gasteiger partial charge on any atom is 0.414 e. The van der Waals surface area contributed by atoms with Crippen LogP contribution < -0.4 is 5.32 Å². The second-order valence-corrected chi connectivity index (χ2v) is 2.98. The number of hydrogen-bond acceptors (Lipinski definition) is 2. The highest BCUT2D eigenvalue weighted by Crippen LogP contribution is 2.22. The molecule has 0 aliphatic heterocycles. The topological polar surface area (TPSA) is 21.3 Å². The number of ether oxygens (including phenoxy) is 1. The van der Waals surface area contributed by atoms with Gasteiger partial charge in [-0.05, 0) is 20.4 Å². The molecule has 0 aliphatic rings. The molecule has 0 radical (unpaired) electrons. The Bertz CT molecular complexity index is 138. The van der Waals surface area contributed by atoms with E-state index >= 15 is 0 Å². The SMILES string of the molecule is CCNC(C)COC(C)C(F)(F)F. The molecule has 0 saturated carbocycles. The van der Waals surface area contributed by atoms with Crippen LogP contribution in [-0.4, -0.2) is 31.5 Å². The number of alkyl halides is 3. The third-order valence-corrected chi connectivity index (χ3v) is 1.61. The van der Waals surface area contributed by atoms with Crippen LogP contribution in [-0.2, 0) is 4.74 Å². The summed E-state index contributed by atoms with van der Waals surface area (Å²) < 4.78 is 40.5. The van der Waals surface area contributed by atoms with Gasteiger partial charge in [-0.3, -0.25) is 0 Å². The van der Waals surface area contributed by atoms with E-state index in [4.69, 9.17) is 0 Å². The Labute approximate surface area is 76.5 Å². The quantitative estimate of drug-likeness (QED) is 0.730. The van der Waals surface area contributed by atoms with Crippen LogP contribution in [0.1, 0.15) is 20.8 Å². The normalized spacial score (nSPS) is 17.1. The highest BCUT2D eigenvalue weighted by atomic mass is 19.4. The third kappa shape index (κ3) is 5.87. The van der Waals surface area contributed by atoms with Crippen LogP contribution >= 0.6 is 0 Å². The van der Waals surface area contributed by atoms with Gasteiger partial charge in [0.1, 0.15) is 0 Å². The molecular formula is C8H16F3NO. The zero-order valence-electron chi connectivity index (χ0n) is 8.11. The van der Waals surface area contributed by atoms with Crippen LogP contribution in [0, 0.1) is 0 Å². The lowest BCUT2D eigenvalue weighted by Gasteiger charge is -2.19. The lowest BCUT2D eigenvalue weighted by atomic mass is 10.3. The molecule has 2 unspecified atom stereocenters. The fourth-order valence-corrected chi connectivity index (χ4v) is 0.791. The van der Waals surface area contributed by atoms with Crippen molar-refractivity contribution in [1.29, 1.82) is 0 Å². The predicted octanol–water partition coefficient (Wildman–Crippen LogP) is 1.95. The van der Waals surface area contributed by atoms with Crippen LogP contribution in [0.4, 0.5) is 13.2 Å². The molecule has 2 nitrogen and oxygen atoms in total. The molecule has 0 bridgehead atoms. The molecule has 13 heavy (non-hydrogen) atoms. The van der Waals surface area contributed by atoms with Crippen molar-refractivity contribution >= 4 is 0 Å². The van der Waals surface area contributed by atoms with Gasteiger partial charge in [-0.2, -0.15) is 13.2 Å². The van der Waals surface area contributed by atoms with Crippen LogP contribution in [0.15, 0.2) is 0 Å². The van der Waals surface area contributed by atoms with Crippen molar-refractivity contribution < 1.29 is 17.9 Å². The van der Waals surface area contributed by atoms with Gasteiger partial charge < -0.3 is 10.1 Å². The van der Waals surface area contributed by atoms with Crippen LogP contribution in [0.5, 0.6) is 0 Å². The second kappa shape index (κ2) is 5.44. The second-order valence-electron chi connectivity index (χ2n) is 2.98. The molecule has 0 saturated heterocycles. The standard InChI is InChI=1S/C8H16F3NO/c1-4-12-6(2)5-13-7(3)8(9,10)11/h6-7,12H,4-5H2,1-3H3. The van der Waals surface area contributed by atoms with Gasteiger partial charge in [0.25, 0.3) is 0 Å². The van der Waals surface area contributed by atoms with E-state index in [0.29, 0.717) is 0 Å². The van der Waals surface area contributed by atoms with Crippen molar-refractivity contribution in [2.75, 3.05) is 13.2 Å². The largest absolute Gasteiger partial charge is 0.414 e.